The first-order valence-electron chi connectivity index (χ1n) is 6.22. The molecule has 0 fully saturated rings. The first-order chi connectivity index (χ1) is 7.67. The van der Waals surface area contributed by atoms with Crippen molar-refractivity contribution in [3.63, 3.8) is 0 Å². The summed E-state index contributed by atoms with van der Waals surface area (Å²) >= 11 is 0. The Bertz CT molecular complexity index is 294. The van der Waals surface area contributed by atoms with E-state index in [0.29, 0.717) is 0 Å². The fourth-order valence-electron chi connectivity index (χ4n) is 1.81. The third-order valence-corrected chi connectivity index (χ3v) is 2.85. The molecule has 0 amide bonds. The normalized spacial score (nSPS) is 13.3. The van der Waals surface area contributed by atoms with Crippen LogP contribution in [0.2, 0.25) is 0 Å². The lowest BCUT2D eigenvalue weighted by atomic mass is 10.0. The molecule has 3 heteroatoms. The van der Waals surface area contributed by atoms with Gasteiger partial charge in [0.2, 0.25) is 0 Å². The van der Waals surface area contributed by atoms with Crippen LogP contribution < -0.4 is 11.3 Å². The number of rotatable bonds is 7. The molecule has 92 valence electrons. The lowest BCUT2D eigenvalue weighted by molar-refractivity contribution is 0.369. The number of furan rings is 1. The van der Waals surface area contributed by atoms with E-state index in [9.17, 15) is 0 Å². The van der Waals surface area contributed by atoms with Crippen molar-refractivity contribution >= 4 is 0 Å². The maximum atomic E-state index is 5.70. The zero-order chi connectivity index (χ0) is 12.0. The summed E-state index contributed by atoms with van der Waals surface area (Å²) in [6.07, 6.45) is 4.38. The zero-order valence-corrected chi connectivity index (χ0v) is 10.6. The highest BCUT2D eigenvalue weighted by Gasteiger charge is 2.13. The molecule has 3 N–H and O–H groups in total. The minimum atomic E-state index is 0.152. The lowest BCUT2D eigenvalue weighted by Gasteiger charge is -2.13. The average molecular weight is 224 g/mol. The van der Waals surface area contributed by atoms with E-state index in [1.807, 2.05) is 12.1 Å². The Morgan fingerprint density at radius 1 is 1.31 bits per heavy atom. The monoisotopic (exact) mass is 224 g/mol. The van der Waals surface area contributed by atoms with Crippen LogP contribution in [0.1, 0.15) is 57.6 Å². The van der Waals surface area contributed by atoms with Gasteiger partial charge in [-0.1, -0.05) is 33.6 Å². The number of nitrogens with two attached hydrogens (primary N) is 1. The summed E-state index contributed by atoms with van der Waals surface area (Å²) in [5, 5.41) is 0. The number of nitrogens with one attached hydrogen (secondary N) is 1. The molecule has 1 atom stereocenters. The van der Waals surface area contributed by atoms with Crippen LogP contribution in [0.4, 0.5) is 0 Å². The van der Waals surface area contributed by atoms with Gasteiger partial charge in [0.1, 0.15) is 11.5 Å². The van der Waals surface area contributed by atoms with Gasteiger partial charge in [0.05, 0.1) is 6.04 Å². The molecular formula is C13H24N2O. The molecule has 1 unspecified atom stereocenters. The fraction of sp³-hybridized carbons (Fsp3) is 0.692. The van der Waals surface area contributed by atoms with Crippen LogP contribution in [0.15, 0.2) is 16.5 Å². The molecule has 1 aromatic heterocycles. The van der Waals surface area contributed by atoms with Crippen molar-refractivity contribution < 1.29 is 4.42 Å². The lowest BCUT2D eigenvalue weighted by Crippen LogP contribution is -2.27. The van der Waals surface area contributed by atoms with Crippen molar-refractivity contribution in [3.8, 4) is 0 Å². The number of hydrogen-bond donors (Lipinski definition) is 2. The van der Waals surface area contributed by atoms with Crippen molar-refractivity contribution in [2.24, 2.45) is 11.8 Å². The van der Waals surface area contributed by atoms with Gasteiger partial charge in [0.15, 0.2) is 0 Å². The summed E-state index contributed by atoms with van der Waals surface area (Å²) in [6.45, 7) is 6.58. The van der Waals surface area contributed by atoms with E-state index < -0.39 is 0 Å². The molecule has 16 heavy (non-hydrogen) atoms. The minimum Gasteiger partial charge on any atom is -0.464 e. The Kier molecular flexibility index (Phi) is 5.56. The second-order valence-electron chi connectivity index (χ2n) is 4.70. The smallest absolute Gasteiger partial charge is 0.122 e. The third kappa shape index (κ3) is 3.99. The summed E-state index contributed by atoms with van der Waals surface area (Å²) in [5.74, 6) is 8.30. The van der Waals surface area contributed by atoms with Crippen LogP contribution in [0.5, 0.6) is 0 Å². The van der Waals surface area contributed by atoms with Crippen molar-refractivity contribution in [1.29, 1.82) is 0 Å². The van der Waals surface area contributed by atoms with Crippen molar-refractivity contribution in [2.75, 3.05) is 0 Å². The summed E-state index contributed by atoms with van der Waals surface area (Å²) in [7, 11) is 0. The molecule has 0 bridgehead atoms. The fourth-order valence-corrected chi connectivity index (χ4v) is 1.81. The predicted molar refractivity (Wildman–Crippen MR) is 66.8 cm³/mol. The van der Waals surface area contributed by atoms with Gasteiger partial charge >= 0.3 is 0 Å². The Morgan fingerprint density at radius 2 is 2.06 bits per heavy atom. The van der Waals surface area contributed by atoms with Crippen LogP contribution in [0, 0.1) is 5.92 Å². The van der Waals surface area contributed by atoms with Gasteiger partial charge in [-0.3, -0.25) is 5.84 Å². The van der Waals surface area contributed by atoms with Gasteiger partial charge < -0.3 is 4.42 Å². The first kappa shape index (κ1) is 13.3. The van der Waals surface area contributed by atoms with Gasteiger partial charge in [-0.15, -0.1) is 0 Å². The molecule has 0 radical (unpaired) electrons. The molecule has 0 saturated heterocycles. The van der Waals surface area contributed by atoms with Gasteiger partial charge in [0.25, 0.3) is 0 Å². The molecule has 0 aliphatic carbocycles. The Balaban J connectivity index is 2.46. The molecule has 0 aliphatic heterocycles. The van der Waals surface area contributed by atoms with E-state index in [4.69, 9.17) is 10.3 Å². The topological polar surface area (TPSA) is 51.2 Å². The highest BCUT2D eigenvalue weighted by atomic mass is 16.3. The number of hydrogen-bond acceptors (Lipinski definition) is 3. The van der Waals surface area contributed by atoms with Gasteiger partial charge in [0, 0.05) is 6.42 Å². The number of hydrazine groups is 1. The molecular weight excluding hydrogens is 200 g/mol. The van der Waals surface area contributed by atoms with Crippen LogP contribution in [0.25, 0.3) is 0 Å². The van der Waals surface area contributed by atoms with Crippen molar-refractivity contribution in [1.82, 2.24) is 5.43 Å². The molecule has 0 aliphatic rings. The van der Waals surface area contributed by atoms with E-state index >= 15 is 0 Å². The molecule has 0 aromatic carbocycles. The SMILES string of the molecule is CCc1ccc(C(CCCC(C)C)NN)o1. The second-order valence-corrected chi connectivity index (χ2v) is 4.70. The van der Waals surface area contributed by atoms with E-state index in [2.05, 4.69) is 26.2 Å². The van der Waals surface area contributed by atoms with Crippen LogP contribution in [0.3, 0.4) is 0 Å². The average Bonchev–Trinajstić information content (AvgIpc) is 2.72. The number of aryl methyl sites for hydroxylation is 1. The Hall–Kier alpha value is -0.800. The second kappa shape index (κ2) is 6.71. The molecule has 0 spiro atoms. The van der Waals surface area contributed by atoms with E-state index in [1.54, 1.807) is 0 Å². The maximum absolute atomic E-state index is 5.70. The Labute approximate surface area is 98.4 Å². The quantitative estimate of drug-likeness (QED) is 0.552. The molecule has 3 nitrogen and oxygen atoms in total. The Morgan fingerprint density at radius 3 is 2.56 bits per heavy atom. The third-order valence-electron chi connectivity index (χ3n) is 2.85. The first-order valence-corrected chi connectivity index (χ1v) is 6.22. The summed E-state index contributed by atoms with van der Waals surface area (Å²) < 4.78 is 5.70. The summed E-state index contributed by atoms with van der Waals surface area (Å²) in [6, 6.07) is 4.21. The van der Waals surface area contributed by atoms with E-state index in [-0.39, 0.29) is 6.04 Å². The molecule has 1 rings (SSSR count). The van der Waals surface area contributed by atoms with Gasteiger partial charge in [-0.05, 0) is 24.5 Å². The van der Waals surface area contributed by atoms with Crippen molar-refractivity contribution in [2.45, 2.75) is 52.5 Å². The van der Waals surface area contributed by atoms with Crippen LogP contribution in [-0.2, 0) is 6.42 Å². The van der Waals surface area contributed by atoms with E-state index in [1.165, 1.54) is 12.8 Å². The molecule has 1 aromatic rings. The van der Waals surface area contributed by atoms with Crippen LogP contribution >= 0.6 is 0 Å². The predicted octanol–water partition coefficient (Wildman–Crippen LogP) is 3.17. The summed E-state index contributed by atoms with van der Waals surface area (Å²) in [5.41, 5.74) is 2.84. The largest absolute Gasteiger partial charge is 0.464 e. The van der Waals surface area contributed by atoms with Crippen molar-refractivity contribution in [3.05, 3.63) is 23.7 Å². The summed E-state index contributed by atoms with van der Waals surface area (Å²) in [4.78, 5) is 0. The highest BCUT2D eigenvalue weighted by Crippen LogP contribution is 2.22. The van der Waals surface area contributed by atoms with Gasteiger partial charge in [-0.2, -0.15) is 0 Å². The van der Waals surface area contributed by atoms with Gasteiger partial charge in [-0.25, -0.2) is 5.43 Å². The van der Waals surface area contributed by atoms with Crippen LogP contribution in [-0.4, -0.2) is 0 Å². The standard InChI is InChI=1S/C13H24N2O/c1-4-11-8-9-13(16-11)12(15-14)7-5-6-10(2)3/h8-10,12,15H,4-7,14H2,1-3H3. The maximum Gasteiger partial charge on any atom is 0.122 e. The van der Waals surface area contributed by atoms with E-state index in [0.717, 1.165) is 30.3 Å². The zero-order valence-electron chi connectivity index (χ0n) is 10.6. The highest BCUT2D eigenvalue weighted by molar-refractivity contribution is 5.10. The molecule has 1 heterocycles. The minimum absolute atomic E-state index is 0.152. The molecule has 0 saturated carbocycles.